The second-order valence-corrected chi connectivity index (χ2v) is 8.97. The molecule has 4 rings (SSSR count). The smallest absolute Gasteiger partial charge is 0.225 e. The predicted octanol–water partition coefficient (Wildman–Crippen LogP) is 4.06. The van der Waals surface area contributed by atoms with Crippen LogP contribution in [0.4, 0.5) is 0 Å². The summed E-state index contributed by atoms with van der Waals surface area (Å²) < 4.78 is 0. The van der Waals surface area contributed by atoms with Crippen LogP contribution in [0.25, 0.3) is 6.08 Å². The van der Waals surface area contributed by atoms with Crippen molar-refractivity contribution in [2.24, 2.45) is 5.92 Å². The molecule has 2 aromatic carbocycles. The lowest BCUT2D eigenvalue weighted by Gasteiger charge is -2.38. The Balaban J connectivity index is 1.17. The van der Waals surface area contributed by atoms with E-state index in [4.69, 9.17) is 0 Å². The SMILES string of the molecule is Cc1ccc(CN2CCC(C(=O)N3CCN(C/C=C/c4ccccc4)CC3)CC2)cc1. The van der Waals surface area contributed by atoms with E-state index in [9.17, 15) is 4.79 Å². The lowest BCUT2D eigenvalue weighted by molar-refractivity contribution is -0.138. The van der Waals surface area contributed by atoms with Crippen LogP contribution in [0.1, 0.15) is 29.5 Å². The number of amides is 1. The number of rotatable bonds is 6. The molecular formula is C27H35N3O. The predicted molar refractivity (Wildman–Crippen MR) is 128 cm³/mol. The van der Waals surface area contributed by atoms with Crippen LogP contribution in [0, 0.1) is 12.8 Å². The van der Waals surface area contributed by atoms with Crippen LogP contribution >= 0.6 is 0 Å². The van der Waals surface area contributed by atoms with E-state index in [2.05, 4.69) is 82.3 Å². The van der Waals surface area contributed by atoms with E-state index < -0.39 is 0 Å². The van der Waals surface area contributed by atoms with Gasteiger partial charge in [-0.15, -0.1) is 0 Å². The first-order chi connectivity index (χ1) is 15.2. The number of piperazine rings is 1. The summed E-state index contributed by atoms with van der Waals surface area (Å²) in [4.78, 5) is 20.1. The fourth-order valence-corrected chi connectivity index (χ4v) is 4.60. The number of piperidine rings is 1. The molecule has 31 heavy (non-hydrogen) atoms. The molecule has 164 valence electrons. The van der Waals surface area contributed by atoms with Gasteiger partial charge in [0.05, 0.1) is 0 Å². The fourth-order valence-electron chi connectivity index (χ4n) is 4.60. The standard InChI is InChI=1S/C27H35N3O/c1-23-9-11-25(12-10-23)22-29-16-13-26(14-17-29)27(31)30-20-18-28(19-21-30)15-5-8-24-6-3-2-4-7-24/h2-12,26H,13-22H2,1H3/b8-5+. The molecule has 0 spiro atoms. The number of carbonyl (C=O) groups excluding carboxylic acids is 1. The number of carbonyl (C=O) groups is 1. The quantitative estimate of drug-likeness (QED) is 0.709. The summed E-state index contributed by atoms with van der Waals surface area (Å²) in [6.07, 6.45) is 6.40. The molecule has 0 aliphatic carbocycles. The van der Waals surface area contributed by atoms with E-state index in [1.54, 1.807) is 0 Å². The number of likely N-dealkylation sites (tertiary alicyclic amines) is 1. The van der Waals surface area contributed by atoms with Crippen LogP contribution in [0.2, 0.25) is 0 Å². The highest BCUT2D eigenvalue weighted by Crippen LogP contribution is 2.22. The van der Waals surface area contributed by atoms with Gasteiger partial charge in [-0.05, 0) is 44.0 Å². The molecule has 0 bridgehead atoms. The lowest BCUT2D eigenvalue weighted by Crippen LogP contribution is -2.51. The van der Waals surface area contributed by atoms with Gasteiger partial charge < -0.3 is 4.90 Å². The Bertz CT molecular complexity index is 846. The molecular weight excluding hydrogens is 382 g/mol. The third kappa shape index (κ3) is 6.28. The maximum atomic E-state index is 13.0. The topological polar surface area (TPSA) is 26.8 Å². The van der Waals surface area contributed by atoms with E-state index in [1.807, 2.05) is 6.07 Å². The van der Waals surface area contributed by atoms with Gasteiger partial charge in [0, 0.05) is 45.2 Å². The van der Waals surface area contributed by atoms with Crippen LogP contribution < -0.4 is 0 Å². The zero-order chi connectivity index (χ0) is 21.5. The van der Waals surface area contributed by atoms with Crippen molar-refractivity contribution in [2.75, 3.05) is 45.8 Å². The summed E-state index contributed by atoms with van der Waals surface area (Å²) in [5.74, 6) is 0.591. The Morgan fingerprint density at radius 2 is 1.55 bits per heavy atom. The molecule has 0 N–H and O–H groups in total. The zero-order valence-electron chi connectivity index (χ0n) is 18.7. The van der Waals surface area contributed by atoms with Crippen molar-refractivity contribution in [3.05, 3.63) is 77.4 Å². The van der Waals surface area contributed by atoms with Gasteiger partial charge in [0.2, 0.25) is 5.91 Å². The molecule has 2 heterocycles. The molecule has 2 aromatic rings. The molecule has 2 saturated heterocycles. The number of benzene rings is 2. The number of hydrogen-bond donors (Lipinski definition) is 0. The monoisotopic (exact) mass is 417 g/mol. The Hall–Kier alpha value is -2.43. The Morgan fingerprint density at radius 3 is 2.23 bits per heavy atom. The van der Waals surface area contributed by atoms with Crippen LogP contribution in [-0.4, -0.2) is 66.4 Å². The molecule has 1 amide bonds. The highest BCUT2D eigenvalue weighted by atomic mass is 16.2. The van der Waals surface area contributed by atoms with Crippen molar-refractivity contribution in [2.45, 2.75) is 26.3 Å². The molecule has 2 aliphatic rings. The van der Waals surface area contributed by atoms with Crippen molar-refractivity contribution in [3.8, 4) is 0 Å². The van der Waals surface area contributed by atoms with Gasteiger partial charge in [-0.2, -0.15) is 0 Å². The van der Waals surface area contributed by atoms with Crippen molar-refractivity contribution in [1.82, 2.24) is 14.7 Å². The molecule has 0 saturated carbocycles. The molecule has 2 fully saturated rings. The third-order valence-electron chi connectivity index (χ3n) is 6.62. The van der Waals surface area contributed by atoms with Gasteiger partial charge in [0.15, 0.2) is 0 Å². The third-order valence-corrected chi connectivity index (χ3v) is 6.62. The average molecular weight is 418 g/mol. The Labute approximate surface area is 187 Å². The summed E-state index contributed by atoms with van der Waals surface area (Å²) in [5, 5.41) is 0. The first-order valence-electron chi connectivity index (χ1n) is 11.7. The first-order valence-corrected chi connectivity index (χ1v) is 11.7. The number of aryl methyl sites for hydroxylation is 1. The molecule has 4 nitrogen and oxygen atoms in total. The lowest BCUT2D eigenvalue weighted by atomic mass is 9.94. The van der Waals surface area contributed by atoms with Crippen molar-refractivity contribution in [3.63, 3.8) is 0 Å². The van der Waals surface area contributed by atoms with Gasteiger partial charge >= 0.3 is 0 Å². The van der Waals surface area contributed by atoms with E-state index in [-0.39, 0.29) is 5.92 Å². The summed E-state index contributed by atoms with van der Waals surface area (Å²) in [5.41, 5.74) is 3.92. The van der Waals surface area contributed by atoms with Crippen molar-refractivity contribution >= 4 is 12.0 Å². The maximum absolute atomic E-state index is 13.0. The molecule has 4 heteroatoms. The number of nitrogens with zero attached hydrogens (tertiary/aromatic N) is 3. The van der Waals surface area contributed by atoms with Gasteiger partial charge in [0.25, 0.3) is 0 Å². The van der Waals surface area contributed by atoms with E-state index in [0.29, 0.717) is 5.91 Å². The molecule has 0 unspecified atom stereocenters. The Morgan fingerprint density at radius 1 is 0.871 bits per heavy atom. The minimum atomic E-state index is 0.207. The van der Waals surface area contributed by atoms with Gasteiger partial charge in [0.1, 0.15) is 0 Å². The summed E-state index contributed by atoms with van der Waals surface area (Å²) >= 11 is 0. The molecule has 0 atom stereocenters. The maximum Gasteiger partial charge on any atom is 0.225 e. The van der Waals surface area contributed by atoms with E-state index >= 15 is 0 Å². The molecule has 2 aliphatic heterocycles. The fraction of sp³-hybridized carbons (Fsp3) is 0.444. The Kier molecular flexibility index (Phi) is 7.55. The van der Waals surface area contributed by atoms with Crippen molar-refractivity contribution < 1.29 is 4.79 Å². The van der Waals surface area contributed by atoms with Crippen LogP contribution in [0.15, 0.2) is 60.7 Å². The van der Waals surface area contributed by atoms with Crippen LogP contribution in [0.3, 0.4) is 0 Å². The summed E-state index contributed by atoms with van der Waals surface area (Å²) in [6, 6.07) is 19.2. The summed E-state index contributed by atoms with van der Waals surface area (Å²) in [7, 11) is 0. The van der Waals surface area contributed by atoms with Gasteiger partial charge in [-0.1, -0.05) is 72.3 Å². The largest absolute Gasteiger partial charge is 0.340 e. The zero-order valence-corrected chi connectivity index (χ0v) is 18.7. The van der Waals surface area contributed by atoms with Crippen LogP contribution in [0.5, 0.6) is 0 Å². The summed E-state index contributed by atoms with van der Waals surface area (Å²) in [6.45, 7) is 9.79. The van der Waals surface area contributed by atoms with Gasteiger partial charge in [-0.3, -0.25) is 14.6 Å². The molecule has 0 radical (unpaired) electrons. The van der Waals surface area contributed by atoms with Crippen molar-refractivity contribution in [1.29, 1.82) is 0 Å². The number of hydrogen-bond acceptors (Lipinski definition) is 3. The second-order valence-electron chi connectivity index (χ2n) is 8.97. The highest BCUT2D eigenvalue weighted by molar-refractivity contribution is 5.79. The van der Waals surface area contributed by atoms with E-state index in [1.165, 1.54) is 16.7 Å². The second kappa shape index (κ2) is 10.7. The normalized spacial score (nSPS) is 19.2. The van der Waals surface area contributed by atoms with Gasteiger partial charge in [-0.25, -0.2) is 0 Å². The average Bonchev–Trinajstić information content (AvgIpc) is 2.82. The van der Waals surface area contributed by atoms with Crippen LogP contribution in [-0.2, 0) is 11.3 Å². The van der Waals surface area contributed by atoms with E-state index in [0.717, 1.165) is 65.2 Å². The highest BCUT2D eigenvalue weighted by Gasteiger charge is 2.30. The minimum Gasteiger partial charge on any atom is -0.340 e. The first kappa shape index (κ1) is 21.8. The minimum absolute atomic E-state index is 0.207. The molecule has 0 aromatic heterocycles.